The average molecular weight is 324 g/mol. The first-order chi connectivity index (χ1) is 9.13. The molecule has 19 heavy (non-hydrogen) atoms. The summed E-state index contributed by atoms with van der Waals surface area (Å²) in [6, 6.07) is 10.3. The molecule has 0 saturated carbocycles. The molecule has 0 amide bonds. The molecule has 0 spiro atoms. The van der Waals surface area contributed by atoms with Crippen molar-refractivity contribution >= 4 is 15.9 Å². The Morgan fingerprint density at radius 3 is 2.79 bits per heavy atom. The first kappa shape index (κ1) is 14.2. The Balaban J connectivity index is 2.27. The van der Waals surface area contributed by atoms with Gasteiger partial charge in [-0.05, 0) is 44.3 Å². The van der Waals surface area contributed by atoms with Crippen molar-refractivity contribution in [3.63, 3.8) is 0 Å². The standard InChI is InChI=1S/C15H18BrNO2/c1-10(17-2)8-12-5-7-15(19-12)13-9-11(18-3)4-6-14(13)16/h4-7,9-10,17H,8H2,1-3H3. The van der Waals surface area contributed by atoms with Gasteiger partial charge < -0.3 is 14.5 Å². The molecule has 0 saturated heterocycles. The summed E-state index contributed by atoms with van der Waals surface area (Å²) in [5.74, 6) is 2.65. The van der Waals surface area contributed by atoms with E-state index in [1.807, 2.05) is 37.4 Å². The van der Waals surface area contributed by atoms with Gasteiger partial charge >= 0.3 is 0 Å². The molecule has 2 aromatic rings. The molecule has 3 nitrogen and oxygen atoms in total. The monoisotopic (exact) mass is 323 g/mol. The summed E-state index contributed by atoms with van der Waals surface area (Å²) in [6.45, 7) is 2.13. The molecule has 0 aliphatic rings. The van der Waals surface area contributed by atoms with Crippen LogP contribution in [0, 0.1) is 0 Å². The number of halogens is 1. The van der Waals surface area contributed by atoms with Crippen molar-refractivity contribution in [2.45, 2.75) is 19.4 Å². The third kappa shape index (κ3) is 3.39. The lowest BCUT2D eigenvalue weighted by Crippen LogP contribution is -2.23. The predicted octanol–water partition coefficient (Wildman–Crippen LogP) is 3.87. The number of ether oxygens (including phenoxy) is 1. The van der Waals surface area contributed by atoms with E-state index in [2.05, 4.69) is 28.2 Å². The van der Waals surface area contributed by atoms with Gasteiger partial charge in [-0.2, -0.15) is 0 Å². The zero-order valence-corrected chi connectivity index (χ0v) is 13.0. The smallest absolute Gasteiger partial charge is 0.135 e. The van der Waals surface area contributed by atoms with Crippen molar-refractivity contribution in [1.82, 2.24) is 5.32 Å². The normalized spacial score (nSPS) is 12.4. The molecule has 1 aromatic carbocycles. The predicted molar refractivity (Wildman–Crippen MR) is 80.6 cm³/mol. The molecular formula is C15H18BrNO2. The summed E-state index contributed by atoms with van der Waals surface area (Å²) in [5.41, 5.74) is 1.00. The van der Waals surface area contributed by atoms with E-state index in [0.717, 1.165) is 33.7 Å². The van der Waals surface area contributed by atoms with E-state index in [4.69, 9.17) is 9.15 Å². The zero-order valence-electron chi connectivity index (χ0n) is 11.4. The summed E-state index contributed by atoms with van der Waals surface area (Å²) in [7, 11) is 3.61. The maximum Gasteiger partial charge on any atom is 0.135 e. The highest BCUT2D eigenvalue weighted by Crippen LogP contribution is 2.33. The van der Waals surface area contributed by atoms with Crippen LogP contribution in [0.5, 0.6) is 5.75 Å². The number of furan rings is 1. The lowest BCUT2D eigenvalue weighted by Gasteiger charge is -2.07. The molecule has 0 fully saturated rings. The molecule has 1 heterocycles. The number of nitrogens with one attached hydrogen (secondary N) is 1. The van der Waals surface area contributed by atoms with Crippen molar-refractivity contribution in [3.8, 4) is 17.1 Å². The number of hydrogen-bond acceptors (Lipinski definition) is 3. The molecule has 0 radical (unpaired) electrons. The van der Waals surface area contributed by atoms with E-state index in [9.17, 15) is 0 Å². The fourth-order valence-corrected chi connectivity index (χ4v) is 2.30. The number of benzene rings is 1. The second kappa shape index (κ2) is 6.26. The molecule has 0 aliphatic carbocycles. The van der Waals surface area contributed by atoms with Gasteiger partial charge in [0.05, 0.1) is 7.11 Å². The number of rotatable bonds is 5. The molecule has 4 heteroatoms. The van der Waals surface area contributed by atoms with Crippen LogP contribution in [0.4, 0.5) is 0 Å². The molecule has 1 atom stereocenters. The van der Waals surface area contributed by atoms with Crippen molar-refractivity contribution in [2.24, 2.45) is 0 Å². The molecule has 0 aliphatic heterocycles. The fraction of sp³-hybridized carbons (Fsp3) is 0.333. The Labute approximate surface area is 122 Å². The molecule has 1 aromatic heterocycles. The molecule has 0 bridgehead atoms. The third-order valence-corrected chi connectivity index (χ3v) is 3.79. The quantitative estimate of drug-likeness (QED) is 0.907. The number of hydrogen-bond donors (Lipinski definition) is 1. The van der Waals surface area contributed by atoms with Crippen molar-refractivity contribution in [3.05, 3.63) is 40.6 Å². The lowest BCUT2D eigenvalue weighted by atomic mass is 10.1. The average Bonchev–Trinajstić information content (AvgIpc) is 2.87. The van der Waals surface area contributed by atoms with Crippen LogP contribution in [0.2, 0.25) is 0 Å². The summed E-state index contributed by atoms with van der Waals surface area (Å²) < 4.78 is 12.1. The van der Waals surface area contributed by atoms with Gasteiger partial charge in [0.25, 0.3) is 0 Å². The Hall–Kier alpha value is -1.26. The Morgan fingerprint density at radius 2 is 2.11 bits per heavy atom. The second-order valence-electron chi connectivity index (χ2n) is 4.51. The van der Waals surface area contributed by atoms with Crippen molar-refractivity contribution < 1.29 is 9.15 Å². The van der Waals surface area contributed by atoms with Crippen molar-refractivity contribution in [1.29, 1.82) is 0 Å². The second-order valence-corrected chi connectivity index (χ2v) is 5.36. The SMILES string of the molecule is CNC(C)Cc1ccc(-c2cc(OC)ccc2Br)o1. The molecule has 2 rings (SSSR count). The van der Waals surface area contributed by atoms with Crippen LogP contribution >= 0.6 is 15.9 Å². The highest BCUT2D eigenvalue weighted by Gasteiger charge is 2.11. The summed E-state index contributed by atoms with van der Waals surface area (Å²) >= 11 is 3.54. The Kier molecular flexibility index (Phi) is 4.66. The highest BCUT2D eigenvalue weighted by atomic mass is 79.9. The van der Waals surface area contributed by atoms with Gasteiger partial charge in [-0.25, -0.2) is 0 Å². The van der Waals surface area contributed by atoms with E-state index in [1.165, 1.54) is 0 Å². The van der Waals surface area contributed by atoms with E-state index < -0.39 is 0 Å². The van der Waals surface area contributed by atoms with Crippen LogP contribution in [0.3, 0.4) is 0 Å². The van der Waals surface area contributed by atoms with Crippen LogP contribution in [0.1, 0.15) is 12.7 Å². The highest BCUT2D eigenvalue weighted by molar-refractivity contribution is 9.10. The van der Waals surface area contributed by atoms with Gasteiger partial charge in [-0.3, -0.25) is 0 Å². The topological polar surface area (TPSA) is 34.4 Å². The molecular weight excluding hydrogens is 306 g/mol. The fourth-order valence-electron chi connectivity index (χ4n) is 1.86. The van der Waals surface area contributed by atoms with Crippen LogP contribution < -0.4 is 10.1 Å². The molecule has 102 valence electrons. The van der Waals surface area contributed by atoms with Gasteiger partial charge in [0, 0.05) is 22.5 Å². The minimum atomic E-state index is 0.396. The lowest BCUT2D eigenvalue weighted by molar-refractivity contribution is 0.414. The zero-order chi connectivity index (χ0) is 13.8. The van der Waals surface area contributed by atoms with Gasteiger partial charge in [-0.15, -0.1) is 0 Å². The van der Waals surface area contributed by atoms with Gasteiger partial charge in [0.2, 0.25) is 0 Å². The van der Waals surface area contributed by atoms with Gasteiger partial charge in [-0.1, -0.05) is 15.9 Å². The third-order valence-electron chi connectivity index (χ3n) is 3.10. The largest absolute Gasteiger partial charge is 0.497 e. The van der Waals surface area contributed by atoms with Crippen LogP contribution in [0.25, 0.3) is 11.3 Å². The maximum atomic E-state index is 5.90. The van der Waals surface area contributed by atoms with Crippen LogP contribution in [0.15, 0.2) is 39.2 Å². The first-order valence-electron chi connectivity index (χ1n) is 6.24. The van der Waals surface area contributed by atoms with Crippen molar-refractivity contribution in [2.75, 3.05) is 14.2 Å². The number of likely N-dealkylation sites (N-methyl/N-ethyl adjacent to an activating group) is 1. The summed E-state index contributed by atoms with van der Waals surface area (Å²) in [5, 5.41) is 3.20. The van der Waals surface area contributed by atoms with Crippen LogP contribution in [-0.4, -0.2) is 20.2 Å². The van der Waals surface area contributed by atoms with E-state index in [1.54, 1.807) is 7.11 Å². The minimum Gasteiger partial charge on any atom is -0.497 e. The minimum absolute atomic E-state index is 0.396. The maximum absolute atomic E-state index is 5.90. The van der Waals surface area contributed by atoms with E-state index in [0.29, 0.717) is 6.04 Å². The molecule has 1 unspecified atom stereocenters. The molecule has 1 N–H and O–H groups in total. The van der Waals surface area contributed by atoms with Gasteiger partial charge in [0.15, 0.2) is 0 Å². The first-order valence-corrected chi connectivity index (χ1v) is 7.03. The Morgan fingerprint density at radius 1 is 1.32 bits per heavy atom. The van der Waals surface area contributed by atoms with E-state index in [-0.39, 0.29) is 0 Å². The van der Waals surface area contributed by atoms with Crippen LogP contribution in [-0.2, 0) is 6.42 Å². The number of methoxy groups -OCH3 is 1. The summed E-state index contributed by atoms with van der Waals surface area (Å²) in [6.07, 6.45) is 0.873. The van der Waals surface area contributed by atoms with E-state index >= 15 is 0 Å². The Bertz CT molecular complexity index is 551. The van der Waals surface area contributed by atoms with Gasteiger partial charge in [0.1, 0.15) is 17.3 Å². The summed E-state index contributed by atoms with van der Waals surface area (Å²) in [4.78, 5) is 0.